The number of anilines is 1. The van der Waals surface area contributed by atoms with E-state index in [1.807, 2.05) is 31.3 Å². The third-order valence-electron chi connectivity index (χ3n) is 4.70. The first-order chi connectivity index (χ1) is 12.2. The number of nitrogens with zero attached hydrogens (tertiary/aromatic N) is 6. The van der Waals surface area contributed by atoms with E-state index in [1.165, 1.54) is 0 Å². The predicted molar refractivity (Wildman–Crippen MR) is 92.4 cm³/mol. The second kappa shape index (κ2) is 6.64. The van der Waals surface area contributed by atoms with Crippen molar-refractivity contribution in [1.29, 1.82) is 0 Å². The van der Waals surface area contributed by atoms with Gasteiger partial charge in [0.2, 0.25) is 0 Å². The fourth-order valence-corrected chi connectivity index (χ4v) is 3.26. The molecule has 0 spiro atoms. The van der Waals surface area contributed by atoms with Crippen LogP contribution < -0.4 is 4.90 Å². The maximum atomic E-state index is 10.4. The molecule has 1 saturated heterocycles. The summed E-state index contributed by atoms with van der Waals surface area (Å²) in [7, 11) is 0. The van der Waals surface area contributed by atoms with E-state index in [0.29, 0.717) is 11.6 Å². The molecule has 2 N–H and O–H groups in total. The molecule has 0 aromatic carbocycles. The lowest BCUT2D eigenvalue weighted by molar-refractivity contribution is 0.0856. The number of nitrogens with one attached hydrogen (secondary N) is 1. The Balaban J connectivity index is 1.39. The Labute approximate surface area is 145 Å². The molecule has 4 rings (SSSR count). The van der Waals surface area contributed by atoms with Crippen molar-refractivity contribution < 1.29 is 5.11 Å². The third kappa shape index (κ3) is 3.25. The Kier molecular flexibility index (Phi) is 4.19. The van der Waals surface area contributed by atoms with Crippen LogP contribution in [-0.2, 0) is 0 Å². The van der Waals surface area contributed by atoms with Gasteiger partial charge in [-0.2, -0.15) is 5.10 Å². The number of H-pyrrole nitrogens is 1. The van der Waals surface area contributed by atoms with E-state index in [0.717, 1.165) is 37.4 Å². The summed E-state index contributed by atoms with van der Waals surface area (Å²) >= 11 is 0. The lowest BCUT2D eigenvalue weighted by atomic mass is 9.91. The number of piperidine rings is 1. The van der Waals surface area contributed by atoms with Crippen LogP contribution in [0.1, 0.15) is 30.5 Å². The van der Waals surface area contributed by atoms with Crippen LogP contribution in [0.4, 0.5) is 5.82 Å². The zero-order valence-corrected chi connectivity index (χ0v) is 14.1. The van der Waals surface area contributed by atoms with Crippen molar-refractivity contribution in [2.45, 2.75) is 25.9 Å². The van der Waals surface area contributed by atoms with Crippen molar-refractivity contribution in [3.05, 3.63) is 48.3 Å². The van der Waals surface area contributed by atoms with E-state index in [2.05, 4.69) is 30.2 Å². The number of imidazole rings is 1. The first kappa shape index (κ1) is 15.8. The minimum atomic E-state index is -0.534. The van der Waals surface area contributed by atoms with E-state index < -0.39 is 6.10 Å². The molecular formula is C17H21N7O. The molecule has 130 valence electrons. The molecule has 3 aromatic rings. The SMILES string of the molecule is Cc1ccn(-c2ccc(N3CCC(C(O)c4ncc[nH]4)CC3)nn2)n1. The Hall–Kier alpha value is -2.74. The first-order valence-electron chi connectivity index (χ1n) is 8.49. The van der Waals surface area contributed by atoms with Gasteiger partial charge in [0.05, 0.1) is 5.69 Å². The van der Waals surface area contributed by atoms with Crippen LogP contribution in [-0.4, -0.2) is 48.1 Å². The summed E-state index contributed by atoms with van der Waals surface area (Å²) in [6, 6.07) is 5.84. The second-order valence-electron chi connectivity index (χ2n) is 6.40. The van der Waals surface area contributed by atoms with Crippen molar-refractivity contribution >= 4 is 5.82 Å². The number of aryl methyl sites for hydroxylation is 1. The van der Waals surface area contributed by atoms with E-state index in [1.54, 1.807) is 17.1 Å². The summed E-state index contributed by atoms with van der Waals surface area (Å²) in [5.41, 5.74) is 0.947. The van der Waals surface area contributed by atoms with Gasteiger partial charge in [0.15, 0.2) is 11.6 Å². The zero-order chi connectivity index (χ0) is 17.2. The molecule has 1 atom stereocenters. The summed E-state index contributed by atoms with van der Waals surface area (Å²) in [6.07, 6.45) is 6.54. The maximum absolute atomic E-state index is 10.4. The van der Waals surface area contributed by atoms with Gasteiger partial charge in [-0.05, 0) is 43.9 Å². The molecule has 3 aromatic heterocycles. The largest absolute Gasteiger partial charge is 0.385 e. The minimum Gasteiger partial charge on any atom is -0.385 e. The van der Waals surface area contributed by atoms with Crippen molar-refractivity contribution in [2.75, 3.05) is 18.0 Å². The van der Waals surface area contributed by atoms with Crippen LogP contribution >= 0.6 is 0 Å². The van der Waals surface area contributed by atoms with Gasteiger partial charge >= 0.3 is 0 Å². The van der Waals surface area contributed by atoms with Gasteiger partial charge in [-0.25, -0.2) is 9.67 Å². The number of aromatic nitrogens is 6. The fraction of sp³-hybridized carbons (Fsp3) is 0.412. The average Bonchev–Trinajstić information content (AvgIpc) is 3.33. The molecule has 4 heterocycles. The highest BCUT2D eigenvalue weighted by Crippen LogP contribution is 2.30. The molecule has 1 aliphatic heterocycles. The number of rotatable bonds is 4. The predicted octanol–water partition coefficient (Wildman–Crippen LogP) is 1.64. The summed E-state index contributed by atoms with van der Waals surface area (Å²) in [6.45, 7) is 3.63. The van der Waals surface area contributed by atoms with E-state index in [9.17, 15) is 5.11 Å². The Morgan fingerprint density at radius 3 is 2.52 bits per heavy atom. The van der Waals surface area contributed by atoms with Gasteiger partial charge < -0.3 is 15.0 Å². The average molecular weight is 339 g/mol. The number of aliphatic hydroxyl groups excluding tert-OH is 1. The number of hydrogen-bond donors (Lipinski definition) is 2. The second-order valence-corrected chi connectivity index (χ2v) is 6.40. The molecular weight excluding hydrogens is 318 g/mol. The smallest absolute Gasteiger partial charge is 0.175 e. The highest BCUT2D eigenvalue weighted by atomic mass is 16.3. The van der Waals surface area contributed by atoms with Gasteiger partial charge in [0.1, 0.15) is 11.9 Å². The molecule has 1 fully saturated rings. The summed E-state index contributed by atoms with van der Waals surface area (Å²) in [4.78, 5) is 9.36. The van der Waals surface area contributed by atoms with Crippen LogP contribution in [0.3, 0.4) is 0 Å². The van der Waals surface area contributed by atoms with E-state index >= 15 is 0 Å². The maximum Gasteiger partial charge on any atom is 0.175 e. The molecule has 0 radical (unpaired) electrons. The van der Waals surface area contributed by atoms with Gasteiger partial charge in [0, 0.05) is 31.7 Å². The molecule has 0 saturated carbocycles. The van der Waals surface area contributed by atoms with Gasteiger partial charge in [0.25, 0.3) is 0 Å². The monoisotopic (exact) mass is 339 g/mol. The Bertz CT molecular complexity index is 804. The zero-order valence-electron chi connectivity index (χ0n) is 14.1. The third-order valence-corrected chi connectivity index (χ3v) is 4.70. The van der Waals surface area contributed by atoms with Crippen LogP contribution in [0.15, 0.2) is 36.8 Å². The van der Waals surface area contributed by atoms with Crippen molar-refractivity contribution in [1.82, 2.24) is 29.9 Å². The van der Waals surface area contributed by atoms with Crippen LogP contribution in [0.2, 0.25) is 0 Å². The van der Waals surface area contributed by atoms with Crippen molar-refractivity contribution in [2.24, 2.45) is 5.92 Å². The Morgan fingerprint density at radius 1 is 1.16 bits per heavy atom. The molecule has 0 amide bonds. The summed E-state index contributed by atoms with van der Waals surface area (Å²) in [5.74, 6) is 2.43. The highest BCUT2D eigenvalue weighted by molar-refractivity contribution is 5.40. The lowest BCUT2D eigenvalue weighted by Gasteiger charge is -2.34. The number of aliphatic hydroxyl groups is 1. The topological polar surface area (TPSA) is 95.8 Å². The molecule has 0 bridgehead atoms. The van der Waals surface area contributed by atoms with Crippen molar-refractivity contribution in [3.63, 3.8) is 0 Å². The molecule has 1 aliphatic rings. The summed E-state index contributed by atoms with van der Waals surface area (Å²) < 4.78 is 1.72. The number of aromatic amines is 1. The minimum absolute atomic E-state index is 0.210. The van der Waals surface area contributed by atoms with Crippen molar-refractivity contribution in [3.8, 4) is 5.82 Å². The summed E-state index contributed by atoms with van der Waals surface area (Å²) in [5, 5.41) is 23.4. The molecule has 1 unspecified atom stereocenters. The highest BCUT2D eigenvalue weighted by Gasteiger charge is 2.28. The molecule has 8 nitrogen and oxygen atoms in total. The lowest BCUT2D eigenvalue weighted by Crippen LogP contribution is -2.36. The quantitative estimate of drug-likeness (QED) is 0.750. The standard InChI is InChI=1S/C17H21N7O/c1-12-4-11-24(22-12)15-3-2-14(20-21-15)23-9-5-13(6-10-23)16(25)17-18-7-8-19-17/h2-4,7-8,11,13,16,25H,5-6,9-10H2,1H3,(H,18,19). The Morgan fingerprint density at radius 2 is 1.92 bits per heavy atom. The van der Waals surface area contributed by atoms with E-state index in [4.69, 9.17) is 0 Å². The fourth-order valence-electron chi connectivity index (χ4n) is 3.26. The van der Waals surface area contributed by atoms with Crippen LogP contribution in [0.25, 0.3) is 5.82 Å². The molecule has 0 aliphatic carbocycles. The van der Waals surface area contributed by atoms with Gasteiger partial charge in [-0.15, -0.1) is 10.2 Å². The van der Waals surface area contributed by atoms with Gasteiger partial charge in [-0.1, -0.05) is 0 Å². The molecule has 25 heavy (non-hydrogen) atoms. The van der Waals surface area contributed by atoms with Crippen LogP contribution in [0.5, 0.6) is 0 Å². The normalized spacial score (nSPS) is 17.0. The number of hydrogen-bond acceptors (Lipinski definition) is 6. The molecule has 8 heteroatoms. The van der Waals surface area contributed by atoms with Crippen LogP contribution in [0, 0.1) is 12.8 Å². The first-order valence-corrected chi connectivity index (χ1v) is 8.49. The van der Waals surface area contributed by atoms with Gasteiger partial charge in [-0.3, -0.25) is 0 Å². The van der Waals surface area contributed by atoms with E-state index in [-0.39, 0.29) is 5.92 Å².